The van der Waals surface area contributed by atoms with Crippen LogP contribution in [0.4, 0.5) is 0 Å². The third-order valence-corrected chi connectivity index (χ3v) is 2.12. The topological polar surface area (TPSA) is 30.2 Å². The lowest BCUT2D eigenvalue weighted by Gasteiger charge is -1.92. The van der Waals surface area contributed by atoms with E-state index in [1.165, 1.54) is 0 Å². The van der Waals surface area contributed by atoms with Gasteiger partial charge in [-0.15, -0.1) is 22.8 Å². The van der Waals surface area contributed by atoms with Crippen molar-refractivity contribution in [1.29, 1.82) is 0 Å². The molecule has 0 aliphatic carbocycles. The SMILES string of the molecule is Sc1nnc2ccc(Br)cn12. The zero-order valence-electron chi connectivity index (χ0n) is 5.40. The van der Waals surface area contributed by atoms with Gasteiger partial charge < -0.3 is 0 Å². The zero-order valence-corrected chi connectivity index (χ0v) is 7.88. The van der Waals surface area contributed by atoms with Crippen molar-refractivity contribution in [2.45, 2.75) is 5.16 Å². The highest BCUT2D eigenvalue weighted by atomic mass is 79.9. The molecule has 5 heteroatoms. The Morgan fingerprint density at radius 3 is 3.00 bits per heavy atom. The minimum Gasteiger partial charge on any atom is -0.277 e. The molecule has 0 bridgehead atoms. The molecular formula is C6H4BrN3S. The van der Waals surface area contributed by atoms with Crippen LogP contribution in [-0.2, 0) is 0 Å². The van der Waals surface area contributed by atoms with E-state index < -0.39 is 0 Å². The molecule has 0 spiro atoms. The van der Waals surface area contributed by atoms with Crippen LogP contribution in [0.1, 0.15) is 0 Å². The molecule has 2 aromatic heterocycles. The minimum absolute atomic E-state index is 0.598. The Kier molecular flexibility index (Phi) is 1.61. The number of aromatic nitrogens is 3. The summed E-state index contributed by atoms with van der Waals surface area (Å²) < 4.78 is 2.79. The summed E-state index contributed by atoms with van der Waals surface area (Å²) in [6, 6.07) is 3.79. The smallest absolute Gasteiger partial charge is 0.192 e. The Morgan fingerprint density at radius 2 is 2.18 bits per heavy atom. The van der Waals surface area contributed by atoms with Crippen molar-refractivity contribution in [3.05, 3.63) is 22.8 Å². The molecule has 2 rings (SSSR count). The van der Waals surface area contributed by atoms with Gasteiger partial charge in [-0.3, -0.25) is 4.40 Å². The molecule has 2 heterocycles. The summed E-state index contributed by atoms with van der Waals surface area (Å²) in [5.74, 6) is 0. The fraction of sp³-hybridized carbons (Fsp3) is 0. The highest BCUT2D eigenvalue weighted by molar-refractivity contribution is 9.10. The fourth-order valence-electron chi connectivity index (χ4n) is 0.853. The second-order valence-electron chi connectivity index (χ2n) is 2.08. The van der Waals surface area contributed by atoms with E-state index in [-0.39, 0.29) is 0 Å². The zero-order chi connectivity index (χ0) is 7.84. The Hall–Kier alpha value is -0.550. The maximum Gasteiger partial charge on any atom is 0.192 e. The number of halogens is 1. The first-order chi connectivity index (χ1) is 5.27. The average molecular weight is 230 g/mol. The highest BCUT2D eigenvalue weighted by Crippen LogP contribution is 2.13. The molecule has 0 aliphatic rings. The van der Waals surface area contributed by atoms with Gasteiger partial charge in [0.2, 0.25) is 0 Å². The molecule has 0 radical (unpaired) electrons. The second kappa shape index (κ2) is 2.49. The minimum atomic E-state index is 0.598. The summed E-state index contributed by atoms with van der Waals surface area (Å²) in [7, 11) is 0. The molecule has 0 saturated carbocycles. The monoisotopic (exact) mass is 229 g/mol. The number of pyridine rings is 1. The summed E-state index contributed by atoms with van der Waals surface area (Å²) in [4.78, 5) is 0. The molecule has 0 amide bonds. The van der Waals surface area contributed by atoms with Gasteiger partial charge in [-0.05, 0) is 28.1 Å². The van der Waals surface area contributed by atoms with E-state index in [4.69, 9.17) is 0 Å². The quantitative estimate of drug-likeness (QED) is 0.699. The van der Waals surface area contributed by atoms with Crippen molar-refractivity contribution < 1.29 is 0 Å². The Balaban J connectivity index is 2.87. The summed E-state index contributed by atoms with van der Waals surface area (Å²) in [5.41, 5.74) is 0.804. The van der Waals surface area contributed by atoms with Gasteiger partial charge in [0.15, 0.2) is 10.8 Å². The molecule has 0 saturated heterocycles. The number of thiol groups is 1. The summed E-state index contributed by atoms with van der Waals surface area (Å²) in [5, 5.41) is 8.27. The first kappa shape index (κ1) is 7.12. The molecule has 0 aromatic carbocycles. The van der Waals surface area contributed by atoms with E-state index in [9.17, 15) is 0 Å². The van der Waals surface area contributed by atoms with Crippen LogP contribution in [0.15, 0.2) is 28.0 Å². The Labute approximate surface area is 77.0 Å². The predicted octanol–water partition coefficient (Wildman–Crippen LogP) is 1.78. The van der Waals surface area contributed by atoms with E-state index in [0.717, 1.165) is 10.1 Å². The van der Waals surface area contributed by atoms with Gasteiger partial charge in [0, 0.05) is 10.7 Å². The van der Waals surface area contributed by atoms with Crippen LogP contribution in [0.3, 0.4) is 0 Å². The van der Waals surface area contributed by atoms with Crippen LogP contribution < -0.4 is 0 Å². The van der Waals surface area contributed by atoms with Crippen LogP contribution in [0.25, 0.3) is 5.65 Å². The molecule has 11 heavy (non-hydrogen) atoms. The van der Waals surface area contributed by atoms with E-state index >= 15 is 0 Å². The molecule has 0 N–H and O–H groups in total. The first-order valence-electron chi connectivity index (χ1n) is 2.96. The van der Waals surface area contributed by atoms with Gasteiger partial charge in [-0.1, -0.05) is 0 Å². The number of nitrogens with zero attached hydrogens (tertiary/aromatic N) is 3. The van der Waals surface area contributed by atoms with Crippen molar-refractivity contribution >= 4 is 34.2 Å². The van der Waals surface area contributed by atoms with E-state index in [2.05, 4.69) is 38.8 Å². The summed E-state index contributed by atoms with van der Waals surface area (Å²) in [6.07, 6.45) is 1.87. The normalized spacial score (nSPS) is 10.7. The standard InChI is InChI=1S/C6H4BrN3S/c7-4-1-2-5-8-9-6(11)10(5)3-4/h1-3H,(H,9,11). The van der Waals surface area contributed by atoms with Crippen LogP contribution in [0.2, 0.25) is 0 Å². The molecule has 0 unspecified atom stereocenters. The van der Waals surface area contributed by atoms with Gasteiger partial charge in [0.1, 0.15) is 0 Å². The molecule has 56 valence electrons. The lowest BCUT2D eigenvalue weighted by Crippen LogP contribution is -1.83. The molecule has 0 aliphatic heterocycles. The van der Waals surface area contributed by atoms with Gasteiger partial charge in [0.05, 0.1) is 0 Å². The highest BCUT2D eigenvalue weighted by Gasteiger charge is 1.99. The van der Waals surface area contributed by atoms with E-state index in [1.54, 1.807) is 4.40 Å². The Morgan fingerprint density at radius 1 is 1.36 bits per heavy atom. The third-order valence-electron chi connectivity index (χ3n) is 1.35. The van der Waals surface area contributed by atoms with Crippen molar-refractivity contribution in [1.82, 2.24) is 14.6 Å². The van der Waals surface area contributed by atoms with E-state index in [1.807, 2.05) is 18.3 Å². The van der Waals surface area contributed by atoms with Gasteiger partial charge in [0.25, 0.3) is 0 Å². The third kappa shape index (κ3) is 1.14. The van der Waals surface area contributed by atoms with Crippen molar-refractivity contribution in [2.24, 2.45) is 0 Å². The number of fused-ring (bicyclic) bond motifs is 1. The van der Waals surface area contributed by atoms with E-state index in [0.29, 0.717) is 5.16 Å². The van der Waals surface area contributed by atoms with Crippen molar-refractivity contribution in [2.75, 3.05) is 0 Å². The maximum atomic E-state index is 4.12. The largest absolute Gasteiger partial charge is 0.277 e. The lowest BCUT2D eigenvalue weighted by atomic mass is 10.5. The van der Waals surface area contributed by atoms with Gasteiger partial charge in [-0.25, -0.2) is 0 Å². The Bertz CT molecular complexity index is 398. The average Bonchev–Trinajstić information content (AvgIpc) is 2.33. The van der Waals surface area contributed by atoms with Crippen molar-refractivity contribution in [3.8, 4) is 0 Å². The van der Waals surface area contributed by atoms with Gasteiger partial charge in [-0.2, -0.15) is 0 Å². The van der Waals surface area contributed by atoms with Crippen LogP contribution in [0.5, 0.6) is 0 Å². The van der Waals surface area contributed by atoms with Crippen LogP contribution in [0, 0.1) is 0 Å². The molecular weight excluding hydrogens is 226 g/mol. The number of rotatable bonds is 0. The molecule has 2 aromatic rings. The predicted molar refractivity (Wildman–Crippen MR) is 47.9 cm³/mol. The number of hydrogen-bond donors (Lipinski definition) is 1. The summed E-state index contributed by atoms with van der Waals surface area (Å²) >= 11 is 7.46. The van der Waals surface area contributed by atoms with Crippen molar-refractivity contribution in [3.63, 3.8) is 0 Å². The number of hydrogen-bond acceptors (Lipinski definition) is 3. The van der Waals surface area contributed by atoms with Gasteiger partial charge >= 0.3 is 0 Å². The molecule has 0 fully saturated rings. The maximum absolute atomic E-state index is 4.12. The second-order valence-corrected chi connectivity index (χ2v) is 3.39. The fourth-order valence-corrected chi connectivity index (χ4v) is 1.39. The summed E-state index contributed by atoms with van der Waals surface area (Å²) in [6.45, 7) is 0. The lowest BCUT2D eigenvalue weighted by molar-refractivity contribution is 0.926. The molecule has 0 atom stereocenters. The van der Waals surface area contributed by atoms with Crippen LogP contribution in [-0.4, -0.2) is 14.6 Å². The van der Waals surface area contributed by atoms with Crippen LogP contribution >= 0.6 is 28.6 Å². The first-order valence-corrected chi connectivity index (χ1v) is 4.20. The molecule has 3 nitrogen and oxygen atoms in total.